The fraction of sp³-hybridized carbons (Fsp3) is 0.500. The van der Waals surface area contributed by atoms with Crippen molar-refractivity contribution in [1.82, 2.24) is 9.99 Å². The third-order valence-corrected chi connectivity index (χ3v) is 6.42. The predicted molar refractivity (Wildman–Crippen MR) is 124 cm³/mol. The van der Waals surface area contributed by atoms with Gasteiger partial charge in [-0.05, 0) is 43.9 Å². The molecule has 0 unspecified atom stereocenters. The van der Waals surface area contributed by atoms with E-state index in [1.54, 1.807) is 6.20 Å². The third kappa shape index (κ3) is 5.42. The van der Waals surface area contributed by atoms with Gasteiger partial charge in [-0.1, -0.05) is 37.1 Å². The summed E-state index contributed by atoms with van der Waals surface area (Å²) in [5.74, 6) is -0.164. The summed E-state index contributed by atoms with van der Waals surface area (Å²) < 4.78 is 11.9. The Bertz CT molecular complexity index is 1040. The predicted octanol–water partition coefficient (Wildman–Crippen LogP) is 4.89. The maximum Gasteiger partial charge on any atom is 0.314 e. The number of nitrogens with zero attached hydrogens (tertiary/aromatic N) is 4. The molecule has 2 aliphatic rings. The van der Waals surface area contributed by atoms with E-state index in [9.17, 15) is 10.0 Å². The molecule has 0 bridgehead atoms. The summed E-state index contributed by atoms with van der Waals surface area (Å²) in [6.07, 6.45) is 4.29. The Kier molecular flexibility index (Phi) is 7.84. The number of aromatic nitrogens is 1. The van der Waals surface area contributed by atoms with Crippen molar-refractivity contribution in [3.63, 3.8) is 0 Å². The summed E-state index contributed by atoms with van der Waals surface area (Å²) in [6, 6.07) is 7.48. The number of benzene rings is 1. The standard InChI is InChI=1S/C24H29ClN4O5/c1-3-4-13-33-27-29(31)28-11-9-18(10-12-28)24(30)34-22-16(2)26-14-20-21(22)15-32-23(20)17-5-7-19(25)8-6-17/h5-8,14,18,23H,3-4,9-13,15H2,1-2H3/b29-27-/t23-/m0/s1. The number of carbonyl (C=O) groups is 1. The fourth-order valence-corrected chi connectivity index (χ4v) is 4.27. The Morgan fingerprint density at radius 1 is 1.32 bits per heavy atom. The summed E-state index contributed by atoms with van der Waals surface area (Å²) in [6.45, 7) is 5.39. The molecule has 0 N–H and O–H groups in total. The van der Waals surface area contributed by atoms with Gasteiger partial charge in [0.15, 0.2) is 5.75 Å². The summed E-state index contributed by atoms with van der Waals surface area (Å²) in [5, 5.41) is 17.8. The minimum atomic E-state index is -0.318. The van der Waals surface area contributed by atoms with Gasteiger partial charge >= 0.3 is 5.97 Å². The lowest BCUT2D eigenvalue weighted by atomic mass is 9.97. The highest BCUT2D eigenvalue weighted by Crippen LogP contribution is 2.41. The molecule has 1 fully saturated rings. The monoisotopic (exact) mass is 488 g/mol. The van der Waals surface area contributed by atoms with E-state index >= 15 is 0 Å². The highest BCUT2D eigenvalue weighted by Gasteiger charge is 2.33. The van der Waals surface area contributed by atoms with Gasteiger partial charge in [0.25, 0.3) is 0 Å². The molecule has 4 rings (SSSR count). The second-order valence-electron chi connectivity index (χ2n) is 8.52. The van der Waals surface area contributed by atoms with Crippen LogP contribution >= 0.6 is 11.6 Å². The molecule has 0 radical (unpaired) electrons. The lowest BCUT2D eigenvalue weighted by Gasteiger charge is -2.27. The molecule has 9 nitrogen and oxygen atoms in total. The van der Waals surface area contributed by atoms with Crippen LogP contribution in [-0.4, -0.2) is 40.6 Å². The number of rotatable bonds is 8. The summed E-state index contributed by atoms with van der Waals surface area (Å²) >= 11 is 6.01. The number of hydrogen-bond acceptors (Lipinski definition) is 7. The van der Waals surface area contributed by atoms with Gasteiger partial charge in [-0.3, -0.25) is 9.78 Å². The first kappa shape index (κ1) is 24.2. The smallest absolute Gasteiger partial charge is 0.314 e. The van der Waals surface area contributed by atoms with Gasteiger partial charge in [-0.2, -0.15) is 0 Å². The minimum Gasteiger partial charge on any atom is -0.569 e. The number of unbranched alkanes of at least 4 members (excludes halogenated alkanes) is 1. The van der Waals surface area contributed by atoms with Gasteiger partial charge in [0, 0.05) is 22.3 Å². The fourth-order valence-electron chi connectivity index (χ4n) is 4.14. The lowest BCUT2D eigenvalue weighted by Crippen LogP contribution is -2.41. The maximum atomic E-state index is 13.0. The van der Waals surface area contributed by atoms with Gasteiger partial charge in [0.2, 0.25) is 5.28 Å². The number of piperidine rings is 1. The molecule has 2 aromatic rings. The molecule has 1 saturated heterocycles. The van der Waals surface area contributed by atoms with Gasteiger partial charge in [0.1, 0.15) is 12.7 Å². The number of halogens is 1. The number of aryl methyl sites for hydroxylation is 1. The maximum absolute atomic E-state index is 13.0. The molecule has 34 heavy (non-hydrogen) atoms. The highest BCUT2D eigenvalue weighted by atomic mass is 35.5. The van der Waals surface area contributed by atoms with Crippen LogP contribution in [0.2, 0.25) is 5.02 Å². The van der Waals surface area contributed by atoms with Crippen LogP contribution in [0, 0.1) is 18.0 Å². The Hall–Kier alpha value is -2.91. The van der Waals surface area contributed by atoms with Crippen LogP contribution in [0.4, 0.5) is 0 Å². The number of hydrogen-bond donors (Lipinski definition) is 0. The molecular formula is C24H29ClN4O5. The quantitative estimate of drug-likeness (QED) is 0.171. The molecule has 1 aromatic carbocycles. The normalized spacial score (nSPS) is 18.6. The van der Waals surface area contributed by atoms with E-state index in [4.69, 9.17) is 25.9 Å². The van der Waals surface area contributed by atoms with Crippen LogP contribution in [0.25, 0.3) is 0 Å². The van der Waals surface area contributed by atoms with Crippen LogP contribution in [0.1, 0.15) is 61.1 Å². The summed E-state index contributed by atoms with van der Waals surface area (Å²) in [7, 11) is 0. The first-order chi connectivity index (χ1) is 16.5. The second kappa shape index (κ2) is 11.0. The van der Waals surface area contributed by atoms with E-state index in [-0.39, 0.29) is 18.0 Å². The number of esters is 1. The van der Waals surface area contributed by atoms with Gasteiger partial charge in [0.05, 0.1) is 36.3 Å². The van der Waals surface area contributed by atoms with E-state index in [1.165, 1.54) is 5.01 Å². The van der Waals surface area contributed by atoms with Crippen LogP contribution in [0.5, 0.6) is 5.75 Å². The molecule has 10 heteroatoms. The van der Waals surface area contributed by atoms with Crippen molar-refractivity contribution in [3.8, 4) is 5.75 Å². The average Bonchev–Trinajstić information content (AvgIpc) is 3.28. The summed E-state index contributed by atoms with van der Waals surface area (Å²) in [5.41, 5.74) is 3.33. The number of carbonyl (C=O) groups excluding carboxylic acids is 1. The molecule has 0 amide bonds. The second-order valence-corrected chi connectivity index (χ2v) is 8.96. The van der Waals surface area contributed by atoms with E-state index in [0.29, 0.717) is 60.6 Å². The first-order valence-corrected chi connectivity index (χ1v) is 12.0. The Morgan fingerprint density at radius 3 is 2.76 bits per heavy atom. The number of pyridine rings is 1. The van der Waals surface area contributed by atoms with Crippen LogP contribution < -0.4 is 4.74 Å². The van der Waals surface area contributed by atoms with Crippen LogP contribution in [-0.2, 0) is 21.0 Å². The molecular weight excluding hydrogens is 460 g/mol. The van der Waals surface area contributed by atoms with E-state index in [0.717, 1.165) is 29.5 Å². The topological polar surface area (TPSA) is 99.3 Å². The zero-order chi connectivity index (χ0) is 24.1. The minimum absolute atomic E-state index is 0.285. The highest BCUT2D eigenvalue weighted by molar-refractivity contribution is 6.30. The molecule has 1 aromatic heterocycles. The summed E-state index contributed by atoms with van der Waals surface area (Å²) in [4.78, 5) is 22.9. The van der Waals surface area contributed by atoms with Crippen LogP contribution in [0.15, 0.2) is 35.7 Å². The van der Waals surface area contributed by atoms with E-state index in [2.05, 4.69) is 10.3 Å². The Labute approximate surface area is 203 Å². The molecule has 3 heterocycles. The first-order valence-electron chi connectivity index (χ1n) is 11.6. The largest absolute Gasteiger partial charge is 0.569 e. The van der Waals surface area contributed by atoms with Crippen LogP contribution in [0.3, 0.4) is 0 Å². The number of hydrazine groups is 1. The molecule has 2 aliphatic heterocycles. The van der Waals surface area contributed by atoms with Crippen molar-refractivity contribution >= 4 is 17.6 Å². The molecule has 0 saturated carbocycles. The Morgan fingerprint density at radius 2 is 2.06 bits per heavy atom. The van der Waals surface area contributed by atoms with E-state index in [1.807, 2.05) is 38.1 Å². The molecule has 0 aliphatic carbocycles. The zero-order valence-corrected chi connectivity index (χ0v) is 20.2. The average molecular weight is 489 g/mol. The number of ether oxygens (including phenoxy) is 2. The van der Waals surface area contributed by atoms with Crippen molar-refractivity contribution in [1.29, 1.82) is 0 Å². The van der Waals surface area contributed by atoms with Gasteiger partial charge < -0.3 is 19.5 Å². The molecule has 1 atom stereocenters. The van der Waals surface area contributed by atoms with Crippen molar-refractivity contribution < 1.29 is 24.1 Å². The SMILES string of the molecule is CCCCO/N=[N+](\[O-])N1CCC(C(=O)Oc2c(C)ncc3c2CO[C@H]3c2ccc(Cl)cc2)CC1. The lowest BCUT2D eigenvalue weighted by molar-refractivity contribution is -0.713. The van der Waals surface area contributed by atoms with Crippen molar-refractivity contribution in [2.75, 3.05) is 19.7 Å². The molecule has 182 valence electrons. The third-order valence-electron chi connectivity index (χ3n) is 6.16. The van der Waals surface area contributed by atoms with E-state index < -0.39 is 0 Å². The number of fused-ring (bicyclic) bond motifs is 1. The van der Waals surface area contributed by atoms with Crippen molar-refractivity contribution in [2.24, 2.45) is 11.2 Å². The van der Waals surface area contributed by atoms with Crippen molar-refractivity contribution in [3.05, 3.63) is 63.1 Å². The Balaban J connectivity index is 1.39. The van der Waals surface area contributed by atoms with Gasteiger partial charge in [-0.15, -0.1) is 5.01 Å². The molecule has 0 spiro atoms. The van der Waals surface area contributed by atoms with Crippen molar-refractivity contribution in [2.45, 2.75) is 52.2 Å². The zero-order valence-electron chi connectivity index (χ0n) is 19.4. The van der Waals surface area contributed by atoms with Gasteiger partial charge in [-0.25, -0.2) is 0 Å².